The quantitative estimate of drug-likeness (QED) is 0.723. The summed E-state index contributed by atoms with van der Waals surface area (Å²) in [5.41, 5.74) is 0.531. The molecule has 1 aromatic rings. The van der Waals surface area contributed by atoms with Crippen molar-refractivity contribution in [1.29, 1.82) is 0 Å². The Balaban J connectivity index is 2.06. The summed E-state index contributed by atoms with van der Waals surface area (Å²) < 4.78 is 3.14. The van der Waals surface area contributed by atoms with E-state index in [9.17, 15) is 0 Å². The Morgan fingerprint density at radius 1 is 1.58 bits per heavy atom. The van der Waals surface area contributed by atoms with Crippen LogP contribution < -0.4 is 0 Å². The summed E-state index contributed by atoms with van der Waals surface area (Å²) in [5, 5.41) is 4.27. The lowest BCUT2D eigenvalue weighted by Gasteiger charge is -2.42. The molecule has 66 valence electrons. The van der Waals surface area contributed by atoms with E-state index in [1.165, 1.54) is 12.8 Å². The average molecular weight is 229 g/mol. The minimum Gasteiger partial charge on any atom is -0.268 e. The van der Waals surface area contributed by atoms with Crippen LogP contribution in [0, 0.1) is 5.41 Å². The van der Waals surface area contributed by atoms with E-state index in [1.54, 1.807) is 0 Å². The molecule has 0 N–H and O–H groups in total. The lowest BCUT2D eigenvalue weighted by atomic mass is 9.68. The minimum absolute atomic E-state index is 0.531. The normalized spacial score (nSPS) is 22.2. The highest BCUT2D eigenvalue weighted by atomic mass is 79.9. The summed E-state index contributed by atoms with van der Waals surface area (Å²) in [7, 11) is 0. The van der Waals surface area contributed by atoms with Crippen molar-refractivity contribution in [3.63, 3.8) is 0 Å². The van der Waals surface area contributed by atoms with Gasteiger partial charge in [0, 0.05) is 6.20 Å². The molecule has 1 saturated carbocycles. The molecule has 0 bridgehead atoms. The van der Waals surface area contributed by atoms with E-state index in [-0.39, 0.29) is 0 Å². The Kier molecular flexibility index (Phi) is 1.79. The summed E-state index contributed by atoms with van der Waals surface area (Å²) in [5.74, 6) is 0. The van der Waals surface area contributed by atoms with Gasteiger partial charge in [0.1, 0.15) is 0 Å². The highest BCUT2D eigenvalue weighted by Crippen LogP contribution is 2.47. The molecule has 0 atom stereocenters. The molecule has 0 radical (unpaired) electrons. The zero-order valence-corrected chi connectivity index (χ0v) is 9.00. The third-order valence-corrected chi connectivity index (χ3v) is 2.93. The molecule has 0 amide bonds. The predicted molar refractivity (Wildman–Crippen MR) is 52.0 cm³/mol. The van der Waals surface area contributed by atoms with Crippen molar-refractivity contribution in [2.24, 2.45) is 5.41 Å². The van der Waals surface area contributed by atoms with Gasteiger partial charge in [-0.05, 0) is 34.2 Å². The van der Waals surface area contributed by atoms with Crippen LogP contribution in [0.2, 0.25) is 0 Å². The zero-order chi connectivity index (χ0) is 8.77. The van der Waals surface area contributed by atoms with Crippen molar-refractivity contribution < 1.29 is 0 Å². The molecular formula is C9H13BrN2. The maximum absolute atomic E-state index is 4.27. The van der Waals surface area contributed by atoms with E-state index in [2.05, 4.69) is 45.8 Å². The molecule has 0 aliphatic heterocycles. The SMILES string of the molecule is CC1(C)CC(n2cc(Br)cn2)C1. The Morgan fingerprint density at radius 2 is 2.25 bits per heavy atom. The fraction of sp³-hybridized carbons (Fsp3) is 0.667. The van der Waals surface area contributed by atoms with Crippen LogP contribution in [0.5, 0.6) is 0 Å². The minimum atomic E-state index is 0.531. The first-order valence-electron chi connectivity index (χ1n) is 4.26. The van der Waals surface area contributed by atoms with Gasteiger partial charge >= 0.3 is 0 Å². The molecule has 1 fully saturated rings. The summed E-state index contributed by atoms with van der Waals surface area (Å²) >= 11 is 3.40. The standard InChI is InChI=1S/C9H13BrN2/c1-9(2)3-8(4-9)12-6-7(10)5-11-12/h5-6,8H,3-4H2,1-2H3. The molecule has 0 spiro atoms. The molecule has 12 heavy (non-hydrogen) atoms. The summed E-state index contributed by atoms with van der Waals surface area (Å²) in [6, 6.07) is 0.631. The zero-order valence-electron chi connectivity index (χ0n) is 7.42. The molecule has 1 aliphatic carbocycles. The van der Waals surface area contributed by atoms with Crippen LogP contribution in [0.1, 0.15) is 32.7 Å². The van der Waals surface area contributed by atoms with Gasteiger partial charge in [-0.2, -0.15) is 5.10 Å². The van der Waals surface area contributed by atoms with Crippen molar-refractivity contribution in [3.05, 3.63) is 16.9 Å². The smallest absolute Gasteiger partial charge is 0.0632 e. The van der Waals surface area contributed by atoms with Crippen molar-refractivity contribution in [2.45, 2.75) is 32.7 Å². The van der Waals surface area contributed by atoms with Crippen molar-refractivity contribution in [1.82, 2.24) is 9.78 Å². The fourth-order valence-electron chi connectivity index (χ4n) is 1.92. The van der Waals surface area contributed by atoms with Crippen LogP contribution >= 0.6 is 15.9 Å². The number of rotatable bonds is 1. The van der Waals surface area contributed by atoms with Crippen LogP contribution in [-0.4, -0.2) is 9.78 Å². The number of aromatic nitrogens is 2. The lowest BCUT2D eigenvalue weighted by molar-refractivity contribution is 0.0948. The largest absolute Gasteiger partial charge is 0.268 e. The van der Waals surface area contributed by atoms with Gasteiger partial charge in [0.15, 0.2) is 0 Å². The van der Waals surface area contributed by atoms with Gasteiger partial charge in [0.25, 0.3) is 0 Å². The summed E-state index contributed by atoms with van der Waals surface area (Å²) in [6.45, 7) is 4.62. The topological polar surface area (TPSA) is 17.8 Å². The molecule has 2 nitrogen and oxygen atoms in total. The Hall–Kier alpha value is -0.310. The monoisotopic (exact) mass is 228 g/mol. The Bertz CT molecular complexity index is 282. The molecular weight excluding hydrogens is 216 g/mol. The third kappa shape index (κ3) is 1.42. The van der Waals surface area contributed by atoms with E-state index in [0.29, 0.717) is 11.5 Å². The van der Waals surface area contributed by atoms with Crippen LogP contribution in [-0.2, 0) is 0 Å². The van der Waals surface area contributed by atoms with Gasteiger partial charge in [-0.25, -0.2) is 0 Å². The first-order chi connectivity index (χ1) is 5.57. The maximum atomic E-state index is 4.27. The number of hydrogen-bond donors (Lipinski definition) is 0. The number of nitrogens with zero attached hydrogens (tertiary/aromatic N) is 2. The van der Waals surface area contributed by atoms with Crippen LogP contribution in [0.25, 0.3) is 0 Å². The van der Waals surface area contributed by atoms with E-state index >= 15 is 0 Å². The maximum Gasteiger partial charge on any atom is 0.0632 e. The molecule has 1 aromatic heterocycles. The summed E-state index contributed by atoms with van der Waals surface area (Å²) in [4.78, 5) is 0. The fourth-order valence-corrected chi connectivity index (χ4v) is 2.22. The van der Waals surface area contributed by atoms with E-state index in [0.717, 1.165) is 4.47 Å². The number of hydrogen-bond acceptors (Lipinski definition) is 1. The van der Waals surface area contributed by atoms with Crippen molar-refractivity contribution >= 4 is 15.9 Å². The molecule has 2 rings (SSSR count). The van der Waals surface area contributed by atoms with Gasteiger partial charge in [0.2, 0.25) is 0 Å². The molecule has 1 aliphatic rings. The van der Waals surface area contributed by atoms with Gasteiger partial charge in [0.05, 0.1) is 16.7 Å². The molecule has 3 heteroatoms. The van der Waals surface area contributed by atoms with Gasteiger partial charge in [-0.15, -0.1) is 0 Å². The molecule has 0 aromatic carbocycles. The molecule has 0 saturated heterocycles. The highest BCUT2D eigenvalue weighted by Gasteiger charge is 2.37. The highest BCUT2D eigenvalue weighted by molar-refractivity contribution is 9.10. The van der Waals surface area contributed by atoms with E-state index < -0.39 is 0 Å². The van der Waals surface area contributed by atoms with Crippen LogP contribution in [0.3, 0.4) is 0 Å². The van der Waals surface area contributed by atoms with Crippen molar-refractivity contribution in [3.8, 4) is 0 Å². The predicted octanol–water partition coefficient (Wildman–Crippen LogP) is 3.01. The first-order valence-corrected chi connectivity index (χ1v) is 5.06. The van der Waals surface area contributed by atoms with Crippen molar-refractivity contribution in [2.75, 3.05) is 0 Å². The van der Waals surface area contributed by atoms with Gasteiger partial charge in [-0.1, -0.05) is 13.8 Å². The second-order valence-electron chi connectivity index (χ2n) is 4.36. The number of halogens is 1. The van der Waals surface area contributed by atoms with Crippen LogP contribution in [0.15, 0.2) is 16.9 Å². The van der Waals surface area contributed by atoms with E-state index in [1.807, 2.05) is 6.20 Å². The first kappa shape index (κ1) is 8.30. The molecule has 0 unspecified atom stereocenters. The second-order valence-corrected chi connectivity index (χ2v) is 5.28. The Labute approximate surface area is 81.1 Å². The summed E-state index contributed by atoms with van der Waals surface area (Å²) in [6.07, 6.45) is 6.41. The van der Waals surface area contributed by atoms with E-state index in [4.69, 9.17) is 0 Å². The Morgan fingerprint density at radius 3 is 2.67 bits per heavy atom. The van der Waals surface area contributed by atoms with Crippen LogP contribution in [0.4, 0.5) is 0 Å². The van der Waals surface area contributed by atoms with Gasteiger partial charge < -0.3 is 0 Å². The third-order valence-electron chi connectivity index (χ3n) is 2.52. The second kappa shape index (κ2) is 2.59. The lowest BCUT2D eigenvalue weighted by Crippen LogP contribution is -2.33. The van der Waals surface area contributed by atoms with Gasteiger partial charge in [-0.3, -0.25) is 4.68 Å². The molecule has 1 heterocycles. The average Bonchev–Trinajstić information content (AvgIpc) is 2.30.